The average molecular weight is 302 g/mol. The summed E-state index contributed by atoms with van der Waals surface area (Å²) in [4.78, 5) is 7.20. The Morgan fingerprint density at radius 2 is 1.95 bits per heavy atom. The second kappa shape index (κ2) is 4.78. The van der Waals surface area contributed by atoms with E-state index >= 15 is 0 Å². The monoisotopic (exact) mass is 302 g/mol. The number of imidazole rings is 1. The first-order valence-electron chi connectivity index (χ1n) is 6.29. The van der Waals surface area contributed by atoms with E-state index < -0.39 is 10.0 Å². The lowest BCUT2D eigenvalue weighted by molar-refractivity contribution is 0.601. The number of benzene rings is 2. The first-order chi connectivity index (χ1) is 9.95. The molecule has 0 bridgehead atoms. The normalized spacial score (nSPS) is 11.7. The molecular weight excluding hydrogens is 288 g/mol. The number of anilines is 2. The summed E-state index contributed by atoms with van der Waals surface area (Å²) in [6.45, 7) is 1.82. The lowest BCUT2D eigenvalue weighted by atomic mass is 10.2. The van der Waals surface area contributed by atoms with Gasteiger partial charge in [-0.25, -0.2) is 18.1 Å². The van der Waals surface area contributed by atoms with Crippen LogP contribution in [-0.2, 0) is 10.0 Å². The highest BCUT2D eigenvalue weighted by atomic mass is 32.2. The summed E-state index contributed by atoms with van der Waals surface area (Å²) in [6.07, 6.45) is 0. The van der Waals surface area contributed by atoms with Gasteiger partial charge in [-0.05, 0) is 36.8 Å². The number of para-hydroxylation sites is 2. The number of hydrogen-bond acceptors (Lipinski definition) is 4. The average Bonchev–Trinajstić information content (AvgIpc) is 2.82. The van der Waals surface area contributed by atoms with Gasteiger partial charge in [0.25, 0.3) is 10.0 Å². The third kappa shape index (κ3) is 2.55. The van der Waals surface area contributed by atoms with Crippen LogP contribution >= 0.6 is 0 Å². The summed E-state index contributed by atoms with van der Waals surface area (Å²) in [5, 5.41) is 0. The molecule has 0 atom stereocenters. The summed E-state index contributed by atoms with van der Waals surface area (Å²) < 4.78 is 27.1. The molecule has 0 saturated heterocycles. The van der Waals surface area contributed by atoms with Crippen molar-refractivity contribution in [3.8, 4) is 0 Å². The van der Waals surface area contributed by atoms with Crippen molar-refractivity contribution in [2.75, 3.05) is 10.5 Å². The van der Waals surface area contributed by atoms with E-state index in [0.29, 0.717) is 11.2 Å². The zero-order chi connectivity index (χ0) is 15.0. The van der Waals surface area contributed by atoms with E-state index in [1.807, 2.05) is 25.1 Å². The van der Waals surface area contributed by atoms with Crippen molar-refractivity contribution in [1.29, 1.82) is 0 Å². The molecule has 0 unspecified atom stereocenters. The van der Waals surface area contributed by atoms with Crippen LogP contribution in [-0.4, -0.2) is 18.4 Å². The molecule has 0 aliphatic heterocycles. The Hall–Kier alpha value is -2.54. The van der Waals surface area contributed by atoms with Gasteiger partial charge in [0, 0.05) is 5.69 Å². The lowest BCUT2D eigenvalue weighted by Gasteiger charge is -2.07. The minimum absolute atomic E-state index is 0.103. The Morgan fingerprint density at radius 1 is 1.19 bits per heavy atom. The van der Waals surface area contributed by atoms with Gasteiger partial charge in [0.15, 0.2) is 0 Å². The highest BCUT2D eigenvalue weighted by Gasteiger charge is 2.17. The molecule has 0 radical (unpaired) electrons. The van der Waals surface area contributed by atoms with E-state index in [1.165, 1.54) is 12.1 Å². The van der Waals surface area contributed by atoms with Crippen molar-refractivity contribution in [3.63, 3.8) is 0 Å². The molecule has 0 amide bonds. The molecule has 4 N–H and O–H groups in total. The number of hydrogen-bond donors (Lipinski definition) is 3. The van der Waals surface area contributed by atoms with E-state index in [1.54, 1.807) is 12.1 Å². The Balaban J connectivity index is 1.96. The Bertz CT molecular complexity index is 883. The number of nitrogens with one attached hydrogen (secondary N) is 2. The minimum atomic E-state index is -3.72. The van der Waals surface area contributed by atoms with Gasteiger partial charge in [0.2, 0.25) is 5.95 Å². The fourth-order valence-corrected chi connectivity index (χ4v) is 2.97. The zero-order valence-corrected chi connectivity index (χ0v) is 12.1. The van der Waals surface area contributed by atoms with E-state index in [4.69, 9.17) is 5.73 Å². The van der Waals surface area contributed by atoms with Gasteiger partial charge in [0.1, 0.15) is 0 Å². The minimum Gasteiger partial charge on any atom is -0.398 e. The second-order valence-electron chi connectivity index (χ2n) is 4.73. The third-order valence-corrected chi connectivity index (χ3v) is 4.52. The zero-order valence-electron chi connectivity index (χ0n) is 11.3. The summed E-state index contributed by atoms with van der Waals surface area (Å²) in [5.74, 6) is 0.176. The maximum atomic E-state index is 12.3. The van der Waals surface area contributed by atoms with E-state index in [-0.39, 0.29) is 10.8 Å². The molecule has 1 aromatic heterocycles. The summed E-state index contributed by atoms with van der Waals surface area (Å²) in [6, 6.07) is 11.9. The molecule has 0 saturated carbocycles. The number of H-pyrrole nitrogens is 1. The number of fused-ring (bicyclic) bond motifs is 1. The predicted molar refractivity (Wildman–Crippen MR) is 82.5 cm³/mol. The highest BCUT2D eigenvalue weighted by Crippen LogP contribution is 2.20. The molecule has 0 aliphatic rings. The van der Waals surface area contributed by atoms with Crippen molar-refractivity contribution in [1.82, 2.24) is 9.97 Å². The van der Waals surface area contributed by atoms with Gasteiger partial charge in [-0.15, -0.1) is 0 Å². The number of nitrogens with zero attached hydrogens (tertiary/aromatic N) is 1. The molecule has 7 heteroatoms. The molecule has 0 fully saturated rings. The largest absolute Gasteiger partial charge is 0.398 e. The molecule has 108 valence electrons. The van der Waals surface area contributed by atoms with Crippen molar-refractivity contribution >= 4 is 32.7 Å². The van der Waals surface area contributed by atoms with Crippen LogP contribution in [0, 0.1) is 6.92 Å². The maximum absolute atomic E-state index is 12.3. The fourth-order valence-electron chi connectivity index (χ4n) is 1.97. The molecule has 2 aromatic carbocycles. The lowest BCUT2D eigenvalue weighted by Crippen LogP contribution is -2.14. The first-order valence-corrected chi connectivity index (χ1v) is 7.78. The number of aromatic amines is 1. The van der Waals surface area contributed by atoms with Crippen LogP contribution < -0.4 is 10.5 Å². The van der Waals surface area contributed by atoms with Gasteiger partial charge < -0.3 is 10.7 Å². The van der Waals surface area contributed by atoms with Crippen molar-refractivity contribution < 1.29 is 8.42 Å². The topological polar surface area (TPSA) is 101 Å². The quantitative estimate of drug-likeness (QED) is 0.646. The number of rotatable bonds is 3. The Morgan fingerprint density at radius 3 is 2.67 bits per heavy atom. The van der Waals surface area contributed by atoms with Gasteiger partial charge in [-0.2, -0.15) is 0 Å². The van der Waals surface area contributed by atoms with E-state index in [0.717, 1.165) is 11.1 Å². The Labute approximate surface area is 122 Å². The van der Waals surface area contributed by atoms with Crippen molar-refractivity contribution in [2.24, 2.45) is 0 Å². The number of aromatic nitrogens is 2. The first kappa shape index (κ1) is 13.4. The van der Waals surface area contributed by atoms with E-state index in [9.17, 15) is 8.42 Å². The number of sulfonamides is 1. The standard InChI is InChI=1S/C14H14N4O2S/c1-9-6-7-10(8-11(9)15)21(19,20)18-14-16-12-4-2-3-5-13(12)17-14/h2-8H,15H2,1H3,(H2,16,17,18). The predicted octanol–water partition coefficient (Wildman–Crippen LogP) is 2.25. The van der Waals surface area contributed by atoms with E-state index in [2.05, 4.69) is 14.7 Å². The van der Waals surface area contributed by atoms with Crippen LogP contribution in [0.1, 0.15) is 5.56 Å². The molecule has 21 heavy (non-hydrogen) atoms. The number of aryl methyl sites for hydroxylation is 1. The van der Waals surface area contributed by atoms with Gasteiger partial charge in [-0.1, -0.05) is 18.2 Å². The van der Waals surface area contributed by atoms with Gasteiger partial charge in [0.05, 0.1) is 15.9 Å². The molecule has 1 heterocycles. The van der Waals surface area contributed by atoms with Gasteiger partial charge >= 0.3 is 0 Å². The fraction of sp³-hybridized carbons (Fsp3) is 0.0714. The van der Waals surface area contributed by atoms with Crippen LogP contribution in [0.3, 0.4) is 0 Å². The SMILES string of the molecule is Cc1ccc(S(=O)(=O)Nc2nc3ccccc3[nH]2)cc1N. The molecular formula is C14H14N4O2S. The van der Waals surface area contributed by atoms with Crippen LogP contribution in [0.5, 0.6) is 0 Å². The summed E-state index contributed by atoms with van der Waals surface area (Å²) >= 11 is 0. The van der Waals surface area contributed by atoms with Crippen LogP contribution in [0.15, 0.2) is 47.4 Å². The van der Waals surface area contributed by atoms with Crippen LogP contribution in [0.4, 0.5) is 11.6 Å². The van der Waals surface area contributed by atoms with Crippen molar-refractivity contribution in [3.05, 3.63) is 48.0 Å². The van der Waals surface area contributed by atoms with Crippen LogP contribution in [0.25, 0.3) is 11.0 Å². The smallest absolute Gasteiger partial charge is 0.264 e. The number of nitrogen functional groups attached to an aromatic ring is 1. The molecule has 0 aliphatic carbocycles. The second-order valence-corrected chi connectivity index (χ2v) is 6.41. The Kier molecular flexibility index (Phi) is 3.06. The molecule has 6 nitrogen and oxygen atoms in total. The van der Waals surface area contributed by atoms with Crippen molar-refractivity contribution in [2.45, 2.75) is 11.8 Å². The summed E-state index contributed by atoms with van der Waals surface area (Å²) in [7, 11) is -3.72. The molecule has 0 spiro atoms. The maximum Gasteiger partial charge on any atom is 0.264 e. The summed E-state index contributed by atoms with van der Waals surface area (Å²) in [5.41, 5.74) is 8.48. The van der Waals surface area contributed by atoms with Crippen LogP contribution in [0.2, 0.25) is 0 Å². The third-order valence-electron chi connectivity index (χ3n) is 3.18. The van der Waals surface area contributed by atoms with Gasteiger partial charge in [-0.3, -0.25) is 0 Å². The number of nitrogens with two attached hydrogens (primary N) is 1. The highest BCUT2D eigenvalue weighted by molar-refractivity contribution is 7.92. The molecule has 3 aromatic rings. The molecule has 3 rings (SSSR count).